The summed E-state index contributed by atoms with van der Waals surface area (Å²) in [4.78, 5) is 0. The standard InChI is InChI=1S/C15H25NO2/c1-13(2)11-5-4-6-12(16)14(11,3)7-8-15(13)17-9-10-18-15/h11,16H,4-10H2,1-3H3/t11-,14-/m0/s1. The highest BCUT2D eigenvalue weighted by atomic mass is 16.7. The number of hydrogen-bond acceptors (Lipinski definition) is 3. The molecular formula is C15H25NO2. The summed E-state index contributed by atoms with van der Waals surface area (Å²) in [6.07, 6.45) is 5.33. The molecule has 0 aromatic carbocycles. The number of nitrogens with one attached hydrogen (secondary N) is 1. The summed E-state index contributed by atoms with van der Waals surface area (Å²) in [5.74, 6) is 0.132. The van der Waals surface area contributed by atoms with Crippen LogP contribution in [0.5, 0.6) is 0 Å². The zero-order valence-electron chi connectivity index (χ0n) is 11.8. The van der Waals surface area contributed by atoms with Gasteiger partial charge in [-0.3, -0.25) is 0 Å². The van der Waals surface area contributed by atoms with E-state index >= 15 is 0 Å². The molecule has 3 aliphatic rings. The molecule has 2 saturated carbocycles. The Labute approximate surface area is 110 Å². The molecular weight excluding hydrogens is 226 g/mol. The average Bonchev–Trinajstić information content (AvgIpc) is 2.79. The summed E-state index contributed by atoms with van der Waals surface area (Å²) in [6.45, 7) is 8.33. The van der Waals surface area contributed by atoms with Gasteiger partial charge in [0.05, 0.1) is 13.2 Å². The van der Waals surface area contributed by atoms with Crippen molar-refractivity contribution in [2.45, 2.75) is 58.7 Å². The van der Waals surface area contributed by atoms with Gasteiger partial charge in [-0.2, -0.15) is 0 Å². The molecule has 3 rings (SSSR count). The molecule has 1 N–H and O–H groups in total. The molecule has 0 amide bonds. The fourth-order valence-electron chi connectivity index (χ4n) is 4.76. The second kappa shape index (κ2) is 3.80. The van der Waals surface area contributed by atoms with E-state index in [0.29, 0.717) is 5.92 Å². The molecule has 3 fully saturated rings. The summed E-state index contributed by atoms with van der Waals surface area (Å²) < 4.78 is 12.1. The highest BCUT2D eigenvalue weighted by Crippen LogP contribution is 2.62. The molecule has 3 heteroatoms. The van der Waals surface area contributed by atoms with Crippen LogP contribution in [0.2, 0.25) is 0 Å². The Hall–Kier alpha value is -0.410. The van der Waals surface area contributed by atoms with Gasteiger partial charge in [-0.05, 0) is 31.6 Å². The van der Waals surface area contributed by atoms with Crippen LogP contribution in [0, 0.1) is 22.2 Å². The Balaban J connectivity index is 1.99. The molecule has 3 nitrogen and oxygen atoms in total. The van der Waals surface area contributed by atoms with Gasteiger partial charge in [0.25, 0.3) is 0 Å². The second-order valence-corrected chi connectivity index (χ2v) is 7.01. The van der Waals surface area contributed by atoms with Crippen molar-refractivity contribution >= 4 is 5.71 Å². The van der Waals surface area contributed by atoms with E-state index in [-0.39, 0.29) is 16.6 Å². The lowest BCUT2D eigenvalue weighted by atomic mass is 9.49. The number of ether oxygens (including phenoxy) is 2. The number of hydrogen-bond donors (Lipinski definition) is 1. The molecule has 18 heavy (non-hydrogen) atoms. The van der Waals surface area contributed by atoms with E-state index in [1.807, 2.05) is 0 Å². The van der Waals surface area contributed by atoms with Gasteiger partial charge in [-0.25, -0.2) is 0 Å². The van der Waals surface area contributed by atoms with Crippen LogP contribution in [-0.4, -0.2) is 24.7 Å². The molecule has 1 heterocycles. The Morgan fingerprint density at radius 2 is 1.78 bits per heavy atom. The fraction of sp³-hybridized carbons (Fsp3) is 0.933. The maximum atomic E-state index is 8.36. The molecule has 1 aliphatic heterocycles. The lowest BCUT2D eigenvalue weighted by Gasteiger charge is -2.59. The lowest BCUT2D eigenvalue weighted by Crippen LogP contribution is -2.61. The highest BCUT2D eigenvalue weighted by molar-refractivity contribution is 5.88. The Kier molecular flexibility index (Phi) is 2.66. The van der Waals surface area contributed by atoms with Crippen molar-refractivity contribution < 1.29 is 9.47 Å². The topological polar surface area (TPSA) is 42.3 Å². The number of rotatable bonds is 0. The van der Waals surface area contributed by atoms with Crippen LogP contribution in [0.1, 0.15) is 52.9 Å². The molecule has 0 bridgehead atoms. The van der Waals surface area contributed by atoms with Crippen LogP contribution in [0.4, 0.5) is 0 Å². The Morgan fingerprint density at radius 3 is 2.44 bits per heavy atom. The van der Waals surface area contributed by atoms with Crippen molar-refractivity contribution in [3.8, 4) is 0 Å². The monoisotopic (exact) mass is 251 g/mol. The second-order valence-electron chi connectivity index (χ2n) is 7.01. The van der Waals surface area contributed by atoms with Gasteiger partial charge < -0.3 is 14.9 Å². The number of fused-ring (bicyclic) bond motifs is 1. The Bertz CT molecular complexity index is 371. The fourth-order valence-corrected chi connectivity index (χ4v) is 4.76. The third-order valence-electron chi connectivity index (χ3n) is 5.96. The SMILES string of the molecule is CC1(C)[C@@H]2CCCC(=N)[C@@]2(C)CCC12OCCO2. The van der Waals surface area contributed by atoms with Crippen molar-refractivity contribution in [2.24, 2.45) is 16.7 Å². The molecule has 1 spiro atoms. The summed E-state index contributed by atoms with van der Waals surface area (Å²) in [6, 6.07) is 0. The van der Waals surface area contributed by atoms with Crippen LogP contribution < -0.4 is 0 Å². The molecule has 2 aliphatic carbocycles. The highest BCUT2D eigenvalue weighted by Gasteiger charge is 2.63. The van der Waals surface area contributed by atoms with Crippen molar-refractivity contribution in [3.63, 3.8) is 0 Å². The van der Waals surface area contributed by atoms with Crippen molar-refractivity contribution in [2.75, 3.05) is 13.2 Å². The van der Waals surface area contributed by atoms with Crippen LogP contribution in [-0.2, 0) is 9.47 Å². The predicted molar refractivity (Wildman–Crippen MR) is 70.8 cm³/mol. The minimum Gasteiger partial charge on any atom is -0.347 e. The van der Waals surface area contributed by atoms with Crippen molar-refractivity contribution in [1.82, 2.24) is 0 Å². The molecule has 0 radical (unpaired) electrons. The summed E-state index contributed by atoms with van der Waals surface area (Å²) in [5.41, 5.74) is 1.03. The zero-order valence-corrected chi connectivity index (χ0v) is 11.8. The molecule has 0 unspecified atom stereocenters. The zero-order chi connectivity index (χ0) is 13.0. The van der Waals surface area contributed by atoms with Gasteiger partial charge >= 0.3 is 0 Å². The maximum absolute atomic E-state index is 8.36. The van der Waals surface area contributed by atoms with E-state index in [1.54, 1.807) is 0 Å². The molecule has 1 saturated heterocycles. The average molecular weight is 251 g/mol. The minimum absolute atomic E-state index is 0.00319. The van der Waals surface area contributed by atoms with Gasteiger partial charge in [0.1, 0.15) is 0 Å². The quantitative estimate of drug-likeness (QED) is 0.717. The first-order valence-electron chi connectivity index (χ1n) is 7.28. The Morgan fingerprint density at radius 1 is 1.11 bits per heavy atom. The van der Waals surface area contributed by atoms with Crippen molar-refractivity contribution in [1.29, 1.82) is 5.41 Å². The third kappa shape index (κ3) is 1.41. The van der Waals surface area contributed by atoms with Gasteiger partial charge in [0.15, 0.2) is 5.79 Å². The summed E-state index contributed by atoms with van der Waals surface area (Å²) in [7, 11) is 0. The first kappa shape index (κ1) is 12.6. The smallest absolute Gasteiger partial charge is 0.173 e. The first-order valence-corrected chi connectivity index (χ1v) is 7.28. The molecule has 102 valence electrons. The normalized spacial score (nSPS) is 41.9. The van der Waals surface area contributed by atoms with E-state index in [2.05, 4.69) is 20.8 Å². The molecule has 0 aromatic rings. The van der Waals surface area contributed by atoms with Crippen molar-refractivity contribution in [3.05, 3.63) is 0 Å². The van der Waals surface area contributed by atoms with Gasteiger partial charge in [0.2, 0.25) is 0 Å². The largest absolute Gasteiger partial charge is 0.347 e. The summed E-state index contributed by atoms with van der Waals surface area (Å²) >= 11 is 0. The third-order valence-corrected chi connectivity index (χ3v) is 5.96. The van der Waals surface area contributed by atoms with Crippen LogP contribution in [0.3, 0.4) is 0 Å². The predicted octanol–water partition coefficient (Wildman–Crippen LogP) is 3.38. The maximum Gasteiger partial charge on any atom is 0.173 e. The summed E-state index contributed by atoms with van der Waals surface area (Å²) in [5, 5.41) is 8.36. The molecule has 0 aromatic heterocycles. The molecule has 2 atom stereocenters. The lowest BCUT2D eigenvalue weighted by molar-refractivity contribution is -0.278. The van der Waals surface area contributed by atoms with Gasteiger partial charge in [-0.15, -0.1) is 0 Å². The van der Waals surface area contributed by atoms with E-state index in [1.165, 1.54) is 6.42 Å². The van der Waals surface area contributed by atoms with Crippen LogP contribution >= 0.6 is 0 Å². The van der Waals surface area contributed by atoms with E-state index in [4.69, 9.17) is 14.9 Å². The van der Waals surface area contributed by atoms with Crippen LogP contribution in [0.25, 0.3) is 0 Å². The first-order chi connectivity index (χ1) is 8.42. The van der Waals surface area contributed by atoms with Crippen LogP contribution in [0.15, 0.2) is 0 Å². The minimum atomic E-state index is -0.380. The van der Waals surface area contributed by atoms with E-state index in [9.17, 15) is 0 Å². The van der Waals surface area contributed by atoms with Gasteiger partial charge in [0, 0.05) is 23.0 Å². The van der Waals surface area contributed by atoms with E-state index in [0.717, 1.165) is 44.6 Å². The van der Waals surface area contributed by atoms with Gasteiger partial charge in [-0.1, -0.05) is 20.8 Å². The van der Waals surface area contributed by atoms with E-state index < -0.39 is 0 Å².